The van der Waals surface area contributed by atoms with Crippen LogP contribution in [0, 0.1) is 13.0 Å². The maximum Gasteiger partial charge on any atom is 1.00 e. The standard InChI is InChI=1S/C20H26N.C9H9O2.2CH2O.K/c1-5-8-17-9-6-7-10-18(17)14-21-19-12-11-16(4)20(13-19)15(2)3;10-6-9(7-11)8-4-2-1-3-5-8;2*1-2;/h7,9-13,15,21H,5,8,14H2,1-4H3;1-5,9-10H,6H2;2*1H2;/q2*-1;;;+1. The number of benzene rings is 3. The first kappa shape index (κ1) is 37.2. The summed E-state index contributed by atoms with van der Waals surface area (Å²) in [6.07, 6.45) is 4.07. The van der Waals surface area contributed by atoms with Crippen molar-refractivity contribution < 1.29 is 70.9 Å². The zero-order chi connectivity index (χ0) is 27.3. The Hall–Kier alpha value is -1.93. The SMILES string of the molecule is C=O.C=O.CCCc1c[c-]ccc1CNc1ccc(C)c(C(C)C)c1.O=[C-]C(CO)c1ccccc1.[K+]. The third kappa shape index (κ3) is 14.0. The maximum absolute atomic E-state index is 10.3. The molecule has 0 saturated carbocycles. The number of aryl methyl sites for hydroxylation is 2. The van der Waals surface area contributed by atoms with Crippen molar-refractivity contribution in [3.05, 3.63) is 101 Å². The van der Waals surface area contributed by atoms with E-state index in [1.807, 2.05) is 37.8 Å². The minimum Gasteiger partial charge on any atom is -0.541 e. The summed E-state index contributed by atoms with van der Waals surface area (Å²) >= 11 is 0. The fraction of sp³-hybridized carbons (Fsp3) is 0.323. The summed E-state index contributed by atoms with van der Waals surface area (Å²) < 4.78 is 0. The van der Waals surface area contributed by atoms with Gasteiger partial charge >= 0.3 is 51.4 Å². The smallest absolute Gasteiger partial charge is 0.541 e. The van der Waals surface area contributed by atoms with Gasteiger partial charge < -0.3 is 24.8 Å². The molecule has 1 atom stereocenters. The molecule has 0 spiro atoms. The molecule has 194 valence electrons. The van der Waals surface area contributed by atoms with Crippen LogP contribution >= 0.6 is 0 Å². The third-order valence-electron chi connectivity index (χ3n) is 5.48. The number of rotatable bonds is 9. The Labute approximate surface area is 265 Å². The molecule has 0 bridgehead atoms. The topological polar surface area (TPSA) is 83.5 Å². The maximum atomic E-state index is 10.3. The molecule has 5 nitrogen and oxygen atoms in total. The van der Waals surface area contributed by atoms with Crippen molar-refractivity contribution in [2.24, 2.45) is 0 Å². The van der Waals surface area contributed by atoms with E-state index in [0.717, 1.165) is 18.5 Å². The number of nitrogens with one attached hydrogen (secondary N) is 1. The predicted molar refractivity (Wildman–Crippen MR) is 148 cm³/mol. The normalized spacial score (nSPS) is 10.1. The Kier molecular flexibility index (Phi) is 23.3. The van der Waals surface area contributed by atoms with Crippen LogP contribution in [-0.2, 0) is 27.3 Å². The van der Waals surface area contributed by atoms with Crippen molar-refractivity contribution in [1.82, 2.24) is 0 Å². The van der Waals surface area contributed by atoms with Gasteiger partial charge in [0.25, 0.3) is 0 Å². The van der Waals surface area contributed by atoms with E-state index in [0.29, 0.717) is 5.92 Å². The summed E-state index contributed by atoms with van der Waals surface area (Å²) in [7, 11) is 0. The number of hydrogen-bond acceptors (Lipinski definition) is 5. The van der Waals surface area contributed by atoms with Gasteiger partial charge in [0.1, 0.15) is 13.6 Å². The molecular formula is C31H39KNO4-. The van der Waals surface area contributed by atoms with Gasteiger partial charge in [0.15, 0.2) is 0 Å². The van der Waals surface area contributed by atoms with Gasteiger partial charge in [-0.15, -0.1) is 5.56 Å². The molecule has 1 unspecified atom stereocenters. The molecule has 37 heavy (non-hydrogen) atoms. The molecule has 0 fully saturated rings. The summed E-state index contributed by atoms with van der Waals surface area (Å²) in [5.41, 5.74) is 7.60. The number of aliphatic hydroxyl groups is 1. The third-order valence-corrected chi connectivity index (χ3v) is 5.48. The van der Waals surface area contributed by atoms with Gasteiger partial charge in [0, 0.05) is 18.8 Å². The number of anilines is 1. The quantitative estimate of drug-likeness (QED) is 0.330. The number of carbonyl (C=O) groups is 2. The average molecular weight is 529 g/mol. The summed E-state index contributed by atoms with van der Waals surface area (Å²) in [6.45, 7) is 13.6. The van der Waals surface area contributed by atoms with E-state index < -0.39 is 5.92 Å². The number of carbonyl (C=O) groups excluding carboxylic acids is 3. The van der Waals surface area contributed by atoms with Crippen LogP contribution in [0.3, 0.4) is 0 Å². The monoisotopic (exact) mass is 528 g/mol. The van der Waals surface area contributed by atoms with Crippen molar-refractivity contribution >= 4 is 25.6 Å². The van der Waals surface area contributed by atoms with Crippen LogP contribution in [0.4, 0.5) is 5.69 Å². The van der Waals surface area contributed by atoms with E-state index in [9.17, 15) is 4.79 Å². The van der Waals surface area contributed by atoms with Crippen LogP contribution < -0.4 is 56.7 Å². The van der Waals surface area contributed by atoms with E-state index in [4.69, 9.17) is 14.7 Å². The van der Waals surface area contributed by atoms with E-state index in [1.54, 1.807) is 18.4 Å². The molecule has 0 heterocycles. The van der Waals surface area contributed by atoms with Gasteiger partial charge in [-0.2, -0.15) is 29.8 Å². The Morgan fingerprint density at radius 1 is 1.00 bits per heavy atom. The molecule has 2 N–H and O–H groups in total. The van der Waals surface area contributed by atoms with Gasteiger partial charge in [-0.1, -0.05) is 81.5 Å². The molecule has 0 aliphatic carbocycles. The fourth-order valence-corrected chi connectivity index (χ4v) is 3.64. The van der Waals surface area contributed by atoms with Crippen LogP contribution in [0.1, 0.15) is 66.8 Å². The Morgan fingerprint density at radius 2 is 1.65 bits per heavy atom. The van der Waals surface area contributed by atoms with Crippen molar-refractivity contribution in [2.75, 3.05) is 11.9 Å². The Bertz CT molecular complexity index is 994. The molecule has 3 aromatic rings. The van der Waals surface area contributed by atoms with Gasteiger partial charge in [0.2, 0.25) is 0 Å². The van der Waals surface area contributed by atoms with Gasteiger partial charge in [0.05, 0.1) is 0 Å². The van der Waals surface area contributed by atoms with E-state index in [-0.39, 0.29) is 58.0 Å². The molecule has 0 radical (unpaired) electrons. The molecule has 0 aromatic heterocycles. The minimum atomic E-state index is -0.490. The van der Waals surface area contributed by atoms with Crippen LogP contribution in [0.15, 0.2) is 66.7 Å². The second-order valence-corrected chi connectivity index (χ2v) is 8.29. The molecule has 0 aliphatic heterocycles. The largest absolute Gasteiger partial charge is 1.00 e. The first-order chi connectivity index (χ1) is 17.5. The van der Waals surface area contributed by atoms with Crippen LogP contribution in [0.5, 0.6) is 0 Å². The second-order valence-electron chi connectivity index (χ2n) is 8.29. The molecular weight excluding hydrogens is 489 g/mol. The van der Waals surface area contributed by atoms with E-state index >= 15 is 0 Å². The summed E-state index contributed by atoms with van der Waals surface area (Å²) in [4.78, 5) is 26.3. The van der Waals surface area contributed by atoms with Gasteiger partial charge in [-0.25, -0.2) is 0 Å². The van der Waals surface area contributed by atoms with Crippen molar-refractivity contribution in [3.8, 4) is 0 Å². The summed E-state index contributed by atoms with van der Waals surface area (Å²) in [5, 5.41) is 12.3. The molecule has 0 aliphatic rings. The zero-order valence-corrected chi connectivity index (χ0v) is 26.0. The van der Waals surface area contributed by atoms with E-state index in [1.165, 1.54) is 34.4 Å². The second kappa shape index (κ2) is 23.2. The van der Waals surface area contributed by atoms with E-state index in [2.05, 4.69) is 69.4 Å². The van der Waals surface area contributed by atoms with Crippen molar-refractivity contribution in [3.63, 3.8) is 0 Å². The first-order valence-corrected chi connectivity index (χ1v) is 11.9. The summed E-state index contributed by atoms with van der Waals surface area (Å²) in [6, 6.07) is 25.3. The Balaban J connectivity index is 0. The van der Waals surface area contributed by atoms with Crippen LogP contribution in [0.25, 0.3) is 0 Å². The van der Waals surface area contributed by atoms with Gasteiger partial charge in [-0.3, -0.25) is 6.29 Å². The first-order valence-electron chi connectivity index (χ1n) is 11.9. The predicted octanol–water partition coefficient (Wildman–Crippen LogP) is 2.99. The number of aliphatic hydroxyl groups excluding tert-OH is 1. The summed E-state index contributed by atoms with van der Waals surface area (Å²) in [5.74, 6) is 0.0740. The molecule has 0 saturated heterocycles. The fourth-order valence-electron chi connectivity index (χ4n) is 3.64. The average Bonchev–Trinajstić information content (AvgIpc) is 2.93. The zero-order valence-electron chi connectivity index (χ0n) is 22.9. The van der Waals surface area contributed by atoms with Crippen molar-refractivity contribution in [2.45, 2.75) is 58.9 Å². The molecule has 3 rings (SSSR count). The molecule has 6 heteroatoms. The van der Waals surface area contributed by atoms with Gasteiger partial charge in [-0.05, 0) is 36.1 Å². The number of hydrogen-bond donors (Lipinski definition) is 2. The Morgan fingerprint density at radius 3 is 2.19 bits per heavy atom. The van der Waals surface area contributed by atoms with Crippen LogP contribution in [0.2, 0.25) is 0 Å². The minimum absolute atomic E-state index is 0. The van der Waals surface area contributed by atoms with Crippen LogP contribution in [-0.4, -0.2) is 31.6 Å². The van der Waals surface area contributed by atoms with Crippen molar-refractivity contribution in [1.29, 1.82) is 0 Å². The molecule has 3 aromatic carbocycles. The molecule has 0 amide bonds.